The van der Waals surface area contributed by atoms with Gasteiger partial charge < -0.3 is 20.5 Å². The first kappa shape index (κ1) is 33.4. The van der Waals surface area contributed by atoms with Crippen LogP contribution in [0.2, 0.25) is 0 Å². The molecular weight excluding hydrogens is 644 g/mol. The van der Waals surface area contributed by atoms with E-state index >= 15 is 0 Å². The molecule has 3 aromatic carbocycles. The number of hydrogen-bond donors (Lipinski definition) is 3. The highest BCUT2D eigenvalue weighted by atomic mass is 19.4. The van der Waals surface area contributed by atoms with Gasteiger partial charge in [-0.25, -0.2) is 13.6 Å². The van der Waals surface area contributed by atoms with Gasteiger partial charge >= 0.3 is 18.3 Å². The van der Waals surface area contributed by atoms with E-state index in [9.17, 15) is 54.6 Å². The van der Waals surface area contributed by atoms with E-state index in [0.29, 0.717) is 12.1 Å². The number of fused-ring (bicyclic) bond motifs is 2. The fraction of sp³-hybridized carbons (Fsp3) is 0.281. The molecule has 0 radical (unpaired) electrons. The lowest BCUT2D eigenvalue weighted by Gasteiger charge is -2.30. The van der Waals surface area contributed by atoms with E-state index in [1.807, 2.05) is 0 Å². The van der Waals surface area contributed by atoms with Crippen molar-refractivity contribution in [2.24, 2.45) is 17.8 Å². The van der Waals surface area contributed by atoms with Crippen LogP contribution in [0.4, 0.5) is 40.8 Å². The molecule has 5 rings (SSSR count). The van der Waals surface area contributed by atoms with Crippen LogP contribution in [0, 0.1) is 29.4 Å². The van der Waals surface area contributed by atoms with E-state index in [-0.39, 0.29) is 46.9 Å². The molecule has 15 heteroatoms. The number of ether oxygens (including phenoxy) is 1. The van der Waals surface area contributed by atoms with Gasteiger partial charge in [0.05, 0.1) is 29.7 Å². The van der Waals surface area contributed by atoms with Gasteiger partial charge in [-0.05, 0) is 72.4 Å². The van der Waals surface area contributed by atoms with Crippen molar-refractivity contribution in [2.75, 3.05) is 12.4 Å². The SMILES string of the molecule is COc1ccc(-c2ccc(F)c(C(=O)O)c2)cc1C(=O)NC1C2CCC(/C2=C/C(F)(F)F)[C@@H]1C(=O)Nc1ccc(F)c(C(F)(F)F)c1. The van der Waals surface area contributed by atoms with Gasteiger partial charge in [0, 0.05) is 23.7 Å². The number of carbonyl (C=O) groups is 3. The molecule has 248 valence electrons. The molecule has 0 aliphatic heterocycles. The van der Waals surface area contributed by atoms with E-state index in [0.717, 1.165) is 18.2 Å². The Kier molecular flexibility index (Phi) is 8.77. The first-order chi connectivity index (χ1) is 22.0. The van der Waals surface area contributed by atoms with Gasteiger partial charge in [-0.2, -0.15) is 26.3 Å². The highest BCUT2D eigenvalue weighted by Gasteiger charge is 2.55. The number of hydrogen-bond acceptors (Lipinski definition) is 4. The van der Waals surface area contributed by atoms with Crippen LogP contribution in [0.15, 0.2) is 66.2 Å². The summed E-state index contributed by atoms with van der Waals surface area (Å²) in [4.78, 5) is 38.6. The van der Waals surface area contributed by atoms with Crippen LogP contribution >= 0.6 is 0 Å². The van der Waals surface area contributed by atoms with Crippen molar-refractivity contribution in [2.45, 2.75) is 31.2 Å². The zero-order valence-corrected chi connectivity index (χ0v) is 24.1. The summed E-state index contributed by atoms with van der Waals surface area (Å²) in [7, 11) is 1.24. The molecule has 4 atom stereocenters. The van der Waals surface area contributed by atoms with Crippen LogP contribution in [0.1, 0.15) is 39.1 Å². The Balaban J connectivity index is 1.49. The molecular formula is C32H24F8N2O5. The molecule has 7 nitrogen and oxygen atoms in total. The summed E-state index contributed by atoms with van der Waals surface area (Å²) in [6.07, 6.45) is -9.50. The normalized spacial score (nSPS) is 21.5. The molecule has 3 N–H and O–H groups in total. The quantitative estimate of drug-likeness (QED) is 0.182. The van der Waals surface area contributed by atoms with Crippen molar-refractivity contribution in [3.8, 4) is 16.9 Å². The minimum absolute atomic E-state index is 0.00743. The Morgan fingerprint density at radius 3 is 2.09 bits per heavy atom. The van der Waals surface area contributed by atoms with Gasteiger partial charge in [-0.1, -0.05) is 17.7 Å². The predicted molar refractivity (Wildman–Crippen MR) is 150 cm³/mol. The molecule has 2 bridgehead atoms. The van der Waals surface area contributed by atoms with Gasteiger partial charge in [0.2, 0.25) is 5.91 Å². The maximum atomic E-state index is 14.0. The lowest BCUT2D eigenvalue weighted by atomic mass is 9.83. The van der Waals surface area contributed by atoms with Crippen molar-refractivity contribution < 1.29 is 59.4 Å². The number of rotatable bonds is 7. The molecule has 47 heavy (non-hydrogen) atoms. The molecule has 0 aromatic heterocycles. The average Bonchev–Trinajstić information content (AvgIpc) is 3.50. The highest BCUT2D eigenvalue weighted by molar-refractivity contribution is 6.00. The van der Waals surface area contributed by atoms with Crippen molar-refractivity contribution in [1.82, 2.24) is 5.32 Å². The Bertz CT molecular complexity index is 1790. The monoisotopic (exact) mass is 668 g/mol. The molecule has 2 aliphatic rings. The van der Waals surface area contributed by atoms with Gasteiger partial charge in [-0.15, -0.1) is 0 Å². The number of benzene rings is 3. The van der Waals surface area contributed by atoms with E-state index in [1.165, 1.54) is 31.4 Å². The molecule has 2 saturated carbocycles. The second kappa shape index (κ2) is 12.3. The zero-order valence-electron chi connectivity index (χ0n) is 24.1. The van der Waals surface area contributed by atoms with Crippen molar-refractivity contribution >= 4 is 23.5 Å². The Hall–Kier alpha value is -4.95. The summed E-state index contributed by atoms with van der Waals surface area (Å²) in [5.41, 5.74) is -2.57. The van der Waals surface area contributed by atoms with Gasteiger partial charge in [0.15, 0.2) is 0 Å². The summed E-state index contributed by atoms with van der Waals surface area (Å²) in [5, 5.41) is 14.1. The lowest BCUT2D eigenvalue weighted by molar-refractivity contribution is -0.140. The third-order valence-electron chi connectivity index (χ3n) is 8.34. The van der Waals surface area contributed by atoms with E-state index in [4.69, 9.17) is 4.74 Å². The van der Waals surface area contributed by atoms with Crippen LogP contribution < -0.4 is 15.4 Å². The fourth-order valence-electron chi connectivity index (χ4n) is 6.39. The molecule has 0 saturated heterocycles. The van der Waals surface area contributed by atoms with E-state index in [2.05, 4.69) is 10.6 Å². The topological polar surface area (TPSA) is 105 Å². The lowest BCUT2D eigenvalue weighted by Crippen LogP contribution is -2.48. The Morgan fingerprint density at radius 2 is 1.47 bits per heavy atom. The molecule has 3 aromatic rings. The number of carboxylic acids is 1. The first-order valence-electron chi connectivity index (χ1n) is 14.0. The number of carbonyl (C=O) groups excluding carboxylic acids is 2. The van der Waals surface area contributed by atoms with Crippen molar-refractivity contribution in [3.05, 3.63) is 94.6 Å². The van der Waals surface area contributed by atoms with Crippen molar-refractivity contribution in [3.63, 3.8) is 0 Å². The summed E-state index contributed by atoms with van der Waals surface area (Å²) in [5.74, 6) is -9.30. The number of aromatic carboxylic acids is 1. The standard InChI is InChI=1S/C32H24F8N2O5/c1-47-25-9-3-15(14-2-7-23(33)19(10-14)30(45)46)11-20(25)28(43)42-27-18-6-5-17(21(18)13-31(35,36)37)26(27)29(44)41-16-4-8-24(34)22(12-16)32(38,39)40/h2-4,7-13,17-18,26-27H,5-6H2,1H3,(H,41,44)(H,42,43)(H,45,46)/b21-13-/t17?,18?,26-,27?/m0/s1. The maximum Gasteiger partial charge on any atom is 0.419 e. The molecule has 2 aliphatic carbocycles. The minimum Gasteiger partial charge on any atom is -0.496 e. The Labute approximate surface area is 261 Å². The van der Waals surface area contributed by atoms with Gasteiger partial charge in [-0.3, -0.25) is 9.59 Å². The number of alkyl halides is 6. The van der Waals surface area contributed by atoms with Crippen LogP contribution in [-0.2, 0) is 11.0 Å². The molecule has 0 spiro atoms. The van der Waals surface area contributed by atoms with E-state index in [1.54, 1.807) is 0 Å². The molecule has 2 amide bonds. The summed E-state index contributed by atoms with van der Waals surface area (Å²) in [6, 6.07) is 7.85. The second-order valence-electron chi connectivity index (χ2n) is 11.1. The largest absolute Gasteiger partial charge is 0.496 e. The number of anilines is 1. The average molecular weight is 669 g/mol. The molecule has 0 heterocycles. The van der Waals surface area contributed by atoms with Crippen LogP contribution in [0.25, 0.3) is 11.1 Å². The minimum atomic E-state index is -5.09. The number of halogens is 8. The number of nitrogens with one attached hydrogen (secondary N) is 2. The fourth-order valence-corrected chi connectivity index (χ4v) is 6.39. The third-order valence-corrected chi connectivity index (χ3v) is 8.34. The van der Waals surface area contributed by atoms with Crippen LogP contribution in [-0.4, -0.2) is 42.2 Å². The third kappa shape index (κ3) is 6.79. The molecule has 2 fully saturated rings. The van der Waals surface area contributed by atoms with Crippen LogP contribution in [0.5, 0.6) is 5.75 Å². The summed E-state index contributed by atoms with van der Waals surface area (Å²) in [6.45, 7) is 0. The summed E-state index contributed by atoms with van der Waals surface area (Å²) < 4.78 is 113. The highest BCUT2D eigenvalue weighted by Crippen LogP contribution is 2.54. The Morgan fingerprint density at radius 1 is 0.851 bits per heavy atom. The smallest absolute Gasteiger partial charge is 0.419 e. The van der Waals surface area contributed by atoms with Gasteiger partial charge in [0.25, 0.3) is 5.91 Å². The summed E-state index contributed by atoms with van der Waals surface area (Å²) >= 11 is 0. The van der Waals surface area contributed by atoms with E-state index < -0.39 is 82.4 Å². The second-order valence-corrected chi connectivity index (χ2v) is 11.1. The maximum absolute atomic E-state index is 14.0. The van der Waals surface area contributed by atoms with Crippen molar-refractivity contribution in [1.29, 1.82) is 0 Å². The first-order valence-corrected chi connectivity index (χ1v) is 14.0. The number of allylic oxidation sites excluding steroid dienone is 1. The number of carboxylic acid groups (broad SMARTS) is 1. The van der Waals surface area contributed by atoms with Crippen LogP contribution in [0.3, 0.4) is 0 Å². The number of methoxy groups -OCH3 is 1. The molecule has 3 unspecified atom stereocenters. The predicted octanol–water partition coefficient (Wildman–Crippen LogP) is 7.24. The zero-order chi connectivity index (χ0) is 34.4. The van der Waals surface area contributed by atoms with Gasteiger partial charge in [0.1, 0.15) is 17.4 Å². The number of amides is 2.